The molecule has 0 bridgehead atoms. The molecule has 1 aromatic rings. The number of fused-ring (bicyclic) bond motifs is 1. The van der Waals surface area contributed by atoms with Crippen molar-refractivity contribution in [3.8, 4) is 5.75 Å². The molecule has 2 rings (SSSR count). The topological polar surface area (TPSA) is 21.3 Å². The van der Waals surface area contributed by atoms with E-state index in [0.29, 0.717) is 12.0 Å². The normalized spacial score (nSPS) is 19.4. The van der Waals surface area contributed by atoms with Gasteiger partial charge in [0.15, 0.2) is 0 Å². The molecule has 1 N–H and O–H groups in total. The quantitative estimate of drug-likeness (QED) is 0.791. The van der Waals surface area contributed by atoms with E-state index in [-0.39, 0.29) is 0 Å². The zero-order valence-corrected chi connectivity index (χ0v) is 13.2. The van der Waals surface area contributed by atoms with Crippen molar-refractivity contribution in [3.05, 3.63) is 29.3 Å². The molecule has 0 aliphatic heterocycles. The van der Waals surface area contributed by atoms with Crippen molar-refractivity contribution in [2.45, 2.75) is 58.9 Å². The molecule has 112 valence electrons. The van der Waals surface area contributed by atoms with Crippen LogP contribution < -0.4 is 10.1 Å². The van der Waals surface area contributed by atoms with Crippen LogP contribution in [0.2, 0.25) is 0 Å². The van der Waals surface area contributed by atoms with Gasteiger partial charge in [-0.15, -0.1) is 0 Å². The molecule has 0 saturated carbocycles. The van der Waals surface area contributed by atoms with Gasteiger partial charge in [0.05, 0.1) is 6.61 Å². The third-order valence-corrected chi connectivity index (χ3v) is 4.22. The van der Waals surface area contributed by atoms with Crippen LogP contribution in [-0.4, -0.2) is 13.2 Å². The first-order valence-corrected chi connectivity index (χ1v) is 8.24. The average Bonchev–Trinajstić information content (AvgIpc) is 2.46. The highest BCUT2D eigenvalue weighted by Gasteiger charge is 2.22. The molecule has 2 atom stereocenters. The van der Waals surface area contributed by atoms with E-state index in [1.807, 2.05) is 0 Å². The van der Waals surface area contributed by atoms with Crippen LogP contribution in [0.4, 0.5) is 0 Å². The van der Waals surface area contributed by atoms with Gasteiger partial charge in [-0.05, 0) is 55.3 Å². The van der Waals surface area contributed by atoms with E-state index in [0.717, 1.165) is 25.3 Å². The highest BCUT2D eigenvalue weighted by molar-refractivity contribution is 5.43. The molecule has 0 fully saturated rings. The maximum atomic E-state index is 6.12. The Morgan fingerprint density at radius 3 is 2.95 bits per heavy atom. The number of rotatable bonds is 7. The lowest BCUT2D eigenvalue weighted by Crippen LogP contribution is -2.25. The SMILES string of the molecule is CCCC(C)COc1cccc2c1CCCC2NCC. The summed E-state index contributed by atoms with van der Waals surface area (Å²) in [5.74, 6) is 1.76. The maximum absolute atomic E-state index is 6.12. The minimum Gasteiger partial charge on any atom is -0.493 e. The number of hydrogen-bond acceptors (Lipinski definition) is 2. The molecule has 0 aromatic heterocycles. The molecule has 1 aromatic carbocycles. The van der Waals surface area contributed by atoms with E-state index in [9.17, 15) is 0 Å². The molecular weight excluding hydrogens is 246 g/mol. The Bertz CT molecular complexity index is 416. The summed E-state index contributed by atoms with van der Waals surface area (Å²) in [5.41, 5.74) is 2.90. The lowest BCUT2D eigenvalue weighted by molar-refractivity contribution is 0.248. The van der Waals surface area contributed by atoms with Gasteiger partial charge >= 0.3 is 0 Å². The fraction of sp³-hybridized carbons (Fsp3) is 0.667. The van der Waals surface area contributed by atoms with Gasteiger partial charge in [-0.1, -0.05) is 39.3 Å². The predicted octanol–water partition coefficient (Wildman–Crippen LogP) is 4.49. The molecule has 2 heteroatoms. The Hall–Kier alpha value is -1.02. The number of ether oxygens (including phenoxy) is 1. The summed E-state index contributed by atoms with van der Waals surface area (Å²) in [7, 11) is 0. The highest BCUT2D eigenvalue weighted by Crippen LogP contribution is 2.35. The van der Waals surface area contributed by atoms with Gasteiger partial charge in [-0.2, -0.15) is 0 Å². The van der Waals surface area contributed by atoms with E-state index in [4.69, 9.17) is 4.74 Å². The minimum atomic E-state index is 0.514. The van der Waals surface area contributed by atoms with Gasteiger partial charge in [-0.25, -0.2) is 0 Å². The van der Waals surface area contributed by atoms with Gasteiger partial charge in [-0.3, -0.25) is 0 Å². The van der Waals surface area contributed by atoms with Crippen LogP contribution >= 0.6 is 0 Å². The van der Waals surface area contributed by atoms with Gasteiger partial charge in [0, 0.05) is 6.04 Å². The van der Waals surface area contributed by atoms with E-state index >= 15 is 0 Å². The highest BCUT2D eigenvalue weighted by atomic mass is 16.5. The zero-order valence-electron chi connectivity index (χ0n) is 13.2. The fourth-order valence-electron chi connectivity index (χ4n) is 3.22. The molecule has 0 spiro atoms. The Morgan fingerprint density at radius 1 is 1.35 bits per heavy atom. The first-order chi connectivity index (χ1) is 9.76. The van der Waals surface area contributed by atoms with Crippen LogP contribution in [0.3, 0.4) is 0 Å². The van der Waals surface area contributed by atoms with Crippen molar-refractivity contribution >= 4 is 0 Å². The average molecular weight is 275 g/mol. The Labute approximate surface area is 123 Å². The van der Waals surface area contributed by atoms with Crippen molar-refractivity contribution in [2.24, 2.45) is 5.92 Å². The summed E-state index contributed by atoms with van der Waals surface area (Å²) >= 11 is 0. The monoisotopic (exact) mass is 275 g/mol. The van der Waals surface area contributed by atoms with Crippen molar-refractivity contribution in [2.75, 3.05) is 13.2 Å². The lowest BCUT2D eigenvalue weighted by atomic mass is 9.87. The minimum absolute atomic E-state index is 0.514. The largest absolute Gasteiger partial charge is 0.493 e. The Kier molecular flexibility index (Phi) is 5.90. The van der Waals surface area contributed by atoms with Gasteiger partial charge in [0.25, 0.3) is 0 Å². The molecule has 20 heavy (non-hydrogen) atoms. The lowest BCUT2D eigenvalue weighted by Gasteiger charge is -2.28. The van der Waals surface area contributed by atoms with Crippen LogP contribution in [0.5, 0.6) is 5.75 Å². The summed E-state index contributed by atoms with van der Waals surface area (Å²) in [5, 5.41) is 3.60. The number of benzene rings is 1. The molecule has 0 heterocycles. The summed E-state index contributed by atoms with van der Waals surface area (Å²) in [4.78, 5) is 0. The summed E-state index contributed by atoms with van der Waals surface area (Å²) in [6, 6.07) is 7.07. The molecule has 1 aliphatic carbocycles. The van der Waals surface area contributed by atoms with Gasteiger partial charge < -0.3 is 10.1 Å². The van der Waals surface area contributed by atoms with Crippen LogP contribution in [0.15, 0.2) is 18.2 Å². The molecular formula is C18H29NO. The summed E-state index contributed by atoms with van der Waals surface area (Å²) < 4.78 is 6.12. The van der Waals surface area contributed by atoms with Crippen molar-refractivity contribution in [3.63, 3.8) is 0 Å². The van der Waals surface area contributed by atoms with Crippen molar-refractivity contribution in [1.29, 1.82) is 0 Å². The third-order valence-electron chi connectivity index (χ3n) is 4.22. The van der Waals surface area contributed by atoms with E-state index in [1.54, 1.807) is 0 Å². The molecule has 1 aliphatic rings. The second-order valence-electron chi connectivity index (χ2n) is 6.03. The van der Waals surface area contributed by atoms with Crippen LogP contribution in [-0.2, 0) is 6.42 Å². The molecule has 0 amide bonds. The standard InChI is InChI=1S/C18H29NO/c1-4-8-14(3)13-20-18-12-7-9-15-16(18)10-6-11-17(15)19-5-2/h7,9,12,14,17,19H,4-6,8,10-11,13H2,1-3H3. The smallest absolute Gasteiger partial charge is 0.122 e. The van der Waals surface area contributed by atoms with E-state index in [1.165, 1.54) is 36.8 Å². The molecule has 2 nitrogen and oxygen atoms in total. The first kappa shape index (κ1) is 15.4. The van der Waals surface area contributed by atoms with E-state index < -0.39 is 0 Å². The van der Waals surface area contributed by atoms with Gasteiger partial charge in [0.2, 0.25) is 0 Å². The Morgan fingerprint density at radius 2 is 2.20 bits per heavy atom. The second-order valence-corrected chi connectivity index (χ2v) is 6.03. The molecule has 0 saturated heterocycles. The first-order valence-electron chi connectivity index (χ1n) is 8.24. The van der Waals surface area contributed by atoms with E-state index in [2.05, 4.69) is 44.3 Å². The predicted molar refractivity (Wildman–Crippen MR) is 85.4 cm³/mol. The van der Waals surface area contributed by atoms with Crippen LogP contribution in [0.25, 0.3) is 0 Å². The van der Waals surface area contributed by atoms with Gasteiger partial charge in [0.1, 0.15) is 5.75 Å². The zero-order chi connectivity index (χ0) is 14.4. The fourth-order valence-corrected chi connectivity index (χ4v) is 3.22. The van der Waals surface area contributed by atoms with Crippen molar-refractivity contribution in [1.82, 2.24) is 5.32 Å². The summed E-state index contributed by atoms with van der Waals surface area (Å²) in [6.07, 6.45) is 6.15. The second kappa shape index (κ2) is 7.68. The molecule has 0 radical (unpaired) electrons. The van der Waals surface area contributed by atoms with Crippen LogP contribution in [0.1, 0.15) is 63.6 Å². The van der Waals surface area contributed by atoms with Crippen LogP contribution in [0, 0.1) is 5.92 Å². The van der Waals surface area contributed by atoms with Crippen molar-refractivity contribution < 1.29 is 4.74 Å². The number of nitrogens with one attached hydrogen (secondary N) is 1. The Balaban J connectivity index is 2.09. The third kappa shape index (κ3) is 3.76. The molecule has 2 unspecified atom stereocenters. The summed E-state index contributed by atoms with van der Waals surface area (Å²) in [6.45, 7) is 8.57. The maximum Gasteiger partial charge on any atom is 0.122 e. The number of hydrogen-bond donors (Lipinski definition) is 1.